The fraction of sp³-hybridized carbons (Fsp3) is 0.192. The lowest BCUT2D eigenvalue weighted by molar-refractivity contribution is 0.144. The fourth-order valence-corrected chi connectivity index (χ4v) is 3.88. The number of para-hydroxylation sites is 2. The number of nitriles is 1. The molecule has 1 N–H and O–H groups in total. The predicted octanol–water partition coefficient (Wildman–Crippen LogP) is 6.02. The highest BCUT2D eigenvalue weighted by atomic mass is 16.7. The Hall–Kier alpha value is -4.11. The molecule has 6 nitrogen and oxygen atoms in total. The maximum absolute atomic E-state index is 11.0. The van der Waals surface area contributed by atoms with Gasteiger partial charge in [-0.05, 0) is 35.7 Å². The van der Waals surface area contributed by atoms with Crippen LogP contribution in [-0.4, -0.2) is 20.8 Å². The van der Waals surface area contributed by atoms with Gasteiger partial charge >= 0.3 is 6.16 Å². The number of unbranched alkanes of at least 4 members (excludes halogenated alkanes) is 1. The van der Waals surface area contributed by atoms with Crippen molar-refractivity contribution in [1.29, 1.82) is 5.26 Å². The average Bonchev–Trinajstić information content (AvgIpc) is 3.15. The summed E-state index contributed by atoms with van der Waals surface area (Å²) in [4.78, 5) is 15.8. The number of rotatable bonds is 7. The van der Waals surface area contributed by atoms with Crippen LogP contribution in [-0.2, 0) is 13.0 Å². The van der Waals surface area contributed by atoms with E-state index in [1.54, 1.807) is 12.1 Å². The summed E-state index contributed by atoms with van der Waals surface area (Å²) >= 11 is 0. The van der Waals surface area contributed by atoms with Crippen molar-refractivity contribution in [3.05, 3.63) is 83.7 Å². The van der Waals surface area contributed by atoms with Gasteiger partial charge in [-0.25, -0.2) is 9.78 Å². The first kappa shape index (κ1) is 21.1. The molecule has 0 unspecified atom stereocenters. The Morgan fingerprint density at radius 2 is 1.88 bits per heavy atom. The van der Waals surface area contributed by atoms with E-state index < -0.39 is 6.16 Å². The molecule has 0 saturated heterocycles. The molecule has 3 aromatic carbocycles. The Morgan fingerprint density at radius 1 is 1.09 bits per heavy atom. The van der Waals surface area contributed by atoms with Crippen LogP contribution in [0.15, 0.2) is 66.7 Å². The second-order valence-corrected chi connectivity index (χ2v) is 7.56. The highest BCUT2D eigenvalue weighted by Crippen LogP contribution is 2.30. The van der Waals surface area contributed by atoms with Gasteiger partial charge in [0.2, 0.25) is 0 Å². The molecule has 0 amide bonds. The molecular weight excluding hydrogens is 402 g/mol. The number of nitrogens with zero attached hydrogens (tertiary/aromatic N) is 3. The molecule has 4 aromatic rings. The van der Waals surface area contributed by atoms with Crippen LogP contribution in [0, 0.1) is 11.3 Å². The predicted molar refractivity (Wildman–Crippen MR) is 123 cm³/mol. The second kappa shape index (κ2) is 9.36. The molecule has 0 aliphatic heterocycles. The molecule has 6 heteroatoms. The Balaban J connectivity index is 1.69. The van der Waals surface area contributed by atoms with Gasteiger partial charge in [0, 0.05) is 18.5 Å². The van der Waals surface area contributed by atoms with Crippen LogP contribution in [0.3, 0.4) is 0 Å². The number of carboxylic acid groups (broad SMARTS) is 1. The molecule has 0 aliphatic rings. The molecule has 0 atom stereocenters. The Kier molecular flexibility index (Phi) is 6.18. The number of imidazole rings is 1. The third-order valence-electron chi connectivity index (χ3n) is 5.41. The largest absolute Gasteiger partial charge is 0.511 e. The molecule has 0 spiro atoms. The Morgan fingerprint density at radius 3 is 2.59 bits per heavy atom. The van der Waals surface area contributed by atoms with Gasteiger partial charge in [-0.1, -0.05) is 61.9 Å². The number of hydrogen-bond acceptors (Lipinski definition) is 4. The second-order valence-electron chi connectivity index (χ2n) is 7.56. The number of aryl methyl sites for hydroxylation is 1. The molecule has 0 radical (unpaired) electrons. The van der Waals surface area contributed by atoms with E-state index in [2.05, 4.69) is 17.6 Å². The summed E-state index contributed by atoms with van der Waals surface area (Å²) in [5.41, 5.74) is 4.97. The van der Waals surface area contributed by atoms with Crippen molar-refractivity contribution in [2.75, 3.05) is 0 Å². The van der Waals surface area contributed by atoms with Crippen LogP contribution < -0.4 is 4.74 Å². The number of benzene rings is 3. The summed E-state index contributed by atoms with van der Waals surface area (Å²) in [6.45, 7) is 2.75. The Bertz CT molecular complexity index is 1300. The zero-order valence-electron chi connectivity index (χ0n) is 17.8. The molecular formula is C26H23N3O3. The van der Waals surface area contributed by atoms with Gasteiger partial charge in [0.15, 0.2) is 0 Å². The van der Waals surface area contributed by atoms with Gasteiger partial charge in [0.05, 0.1) is 16.6 Å². The first-order chi connectivity index (χ1) is 15.6. The highest BCUT2D eigenvalue weighted by Gasteiger charge is 2.15. The van der Waals surface area contributed by atoms with E-state index in [4.69, 9.17) is 14.8 Å². The van der Waals surface area contributed by atoms with E-state index in [1.165, 1.54) is 0 Å². The first-order valence-electron chi connectivity index (χ1n) is 10.6. The molecule has 0 aliphatic carbocycles. The van der Waals surface area contributed by atoms with E-state index in [-0.39, 0.29) is 0 Å². The first-order valence-corrected chi connectivity index (χ1v) is 10.6. The van der Waals surface area contributed by atoms with Gasteiger partial charge in [-0.3, -0.25) is 0 Å². The van der Waals surface area contributed by atoms with E-state index in [0.29, 0.717) is 23.4 Å². The van der Waals surface area contributed by atoms with E-state index >= 15 is 0 Å². The lowest BCUT2D eigenvalue weighted by atomic mass is 10.0. The van der Waals surface area contributed by atoms with Gasteiger partial charge in [0.25, 0.3) is 0 Å². The Labute approximate surface area is 186 Å². The number of fused-ring (bicyclic) bond motifs is 1. The van der Waals surface area contributed by atoms with Crippen molar-refractivity contribution in [3.8, 4) is 22.9 Å². The number of carbonyl (C=O) groups is 1. The van der Waals surface area contributed by atoms with E-state index in [0.717, 1.165) is 47.2 Å². The molecule has 4 rings (SSSR count). The van der Waals surface area contributed by atoms with Gasteiger partial charge < -0.3 is 14.4 Å². The SMILES string of the molecule is CCCCc1nc2cccc(C#N)c2n1Cc1ccc(-c2ccccc2OC(=O)O)cc1. The summed E-state index contributed by atoms with van der Waals surface area (Å²) in [5, 5.41) is 18.6. The lowest BCUT2D eigenvalue weighted by Crippen LogP contribution is -2.06. The fourth-order valence-electron chi connectivity index (χ4n) is 3.88. The van der Waals surface area contributed by atoms with Crippen LogP contribution in [0.5, 0.6) is 5.75 Å². The summed E-state index contributed by atoms with van der Waals surface area (Å²) in [6.07, 6.45) is 1.62. The topological polar surface area (TPSA) is 88.1 Å². The van der Waals surface area contributed by atoms with Gasteiger partial charge in [-0.2, -0.15) is 5.26 Å². The van der Waals surface area contributed by atoms with Crippen molar-refractivity contribution in [2.45, 2.75) is 32.7 Å². The van der Waals surface area contributed by atoms with Gasteiger partial charge in [0.1, 0.15) is 17.6 Å². The molecule has 0 saturated carbocycles. The van der Waals surface area contributed by atoms with Crippen LogP contribution in [0.25, 0.3) is 22.2 Å². The third kappa shape index (κ3) is 4.33. The number of ether oxygens (including phenoxy) is 1. The van der Waals surface area contributed by atoms with Crippen molar-refractivity contribution >= 4 is 17.2 Å². The van der Waals surface area contributed by atoms with Crippen molar-refractivity contribution < 1.29 is 14.6 Å². The normalized spacial score (nSPS) is 10.8. The zero-order chi connectivity index (χ0) is 22.5. The minimum absolute atomic E-state index is 0.300. The minimum atomic E-state index is -1.34. The maximum Gasteiger partial charge on any atom is 0.511 e. The van der Waals surface area contributed by atoms with Crippen molar-refractivity contribution in [1.82, 2.24) is 9.55 Å². The third-order valence-corrected chi connectivity index (χ3v) is 5.41. The van der Waals surface area contributed by atoms with Crippen LogP contribution in [0.4, 0.5) is 4.79 Å². The molecule has 160 valence electrons. The number of hydrogen-bond donors (Lipinski definition) is 1. The summed E-state index contributed by atoms with van der Waals surface area (Å²) in [6, 6.07) is 22.9. The summed E-state index contributed by atoms with van der Waals surface area (Å²) in [7, 11) is 0. The molecule has 0 fully saturated rings. The maximum atomic E-state index is 11.0. The number of aromatic nitrogens is 2. The van der Waals surface area contributed by atoms with E-state index in [9.17, 15) is 10.1 Å². The minimum Gasteiger partial charge on any atom is -0.449 e. The van der Waals surface area contributed by atoms with E-state index in [1.807, 2.05) is 54.6 Å². The van der Waals surface area contributed by atoms with Crippen LogP contribution >= 0.6 is 0 Å². The standard InChI is InChI=1S/C26H23N3O3/c1-2-3-11-24-28-22-9-6-7-20(16-27)25(22)29(24)17-18-12-14-19(15-13-18)21-8-4-5-10-23(21)32-26(30)31/h4-10,12-15H,2-3,11,17H2,1H3,(H,30,31). The molecule has 1 aromatic heterocycles. The van der Waals surface area contributed by atoms with Crippen molar-refractivity contribution in [3.63, 3.8) is 0 Å². The monoisotopic (exact) mass is 425 g/mol. The molecule has 0 bridgehead atoms. The zero-order valence-corrected chi connectivity index (χ0v) is 17.8. The average molecular weight is 425 g/mol. The summed E-state index contributed by atoms with van der Waals surface area (Å²) in [5.74, 6) is 1.28. The van der Waals surface area contributed by atoms with Crippen LogP contribution in [0.2, 0.25) is 0 Å². The van der Waals surface area contributed by atoms with Crippen molar-refractivity contribution in [2.24, 2.45) is 0 Å². The van der Waals surface area contributed by atoms with Crippen LogP contribution in [0.1, 0.15) is 36.7 Å². The molecule has 32 heavy (non-hydrogen) atoms. The lowest BCUT2D eigenvalue weighted by Gasteiger charge is -2.12. The quantitative estimate of drug-likeness (QED) is 0.289. The summed E-state index contributed by atoms with van der Waals surface area (Å²) < 4.78 is 7.05. The smallest absolute Gasteiger partial charge is 0.449 e. The highest BCUT2D eigenvalue weighted by molar-refractivity contribution is 5.82. The van der Waals surface area contributed by atoms with Gasteiger partial charge in [-0.15, -0.1) is 0 Å². The molecule has 1 heterocycles.